The molecular formula is C11H13ClN2O2S. The zero-order chi connectivity index (χ0) is 12.4. The van der Waals surface area contributed by atoms with Crippen molar-refractivity contribution < 1.29 is 4.92 Å². The van der Waals surface area contributed by atoms with Crippen LogP contribution in [0.4, 0.5) is 11.4 Å². The summed E-state index contributed by atoms with van der Waals surface area (Å²) in [4.78, 5) is 10.5. The molecule has 2 unspecified atom stereocenters. The Labute approximate surface area is 109 Å². The summed E-state index contributed by atoms with van der Waals surface area (Å²) in [6.07, 6.45) is 1.03. The molecule has 0 aromatic heterocycles. The Morgan fingerprint density at radius 2 is 2.35 bits per heavy atom. The second kappa shape index (κ2) is 5.14. The first-order chi connectivity index (χ1) is 8.06. The predicted molar refractivity (Wildman–Crippen MR) is 72.1 cm³/mol. The highest BCUT2D eigenvalue weighted by atomic mass is 35.5. The summed E-state index contributed by atoms with van der Waals surface area (Å²) < 4.78 is 0. The summed E-state index contributed by atoms with van der Waals surface area (Å²) >= 11 is 7.65. The van der Waals surface area contributed by atoms with Gasteiger partial charge in [0.05, 0.1) is 4.92 Å². The Kier molecular flexibility index (Phi) is 3.79. The highest BCUT2D eigenvalue weighted by Gasteiger charge is 2.24. The quantitative estimate of drug-likeness (QED) is 0.675. The third kappa shape index (κ3) is 3.04. The molecule has 1 heterocycles. The lowest BCUT2D eigenvalue weighted by Crippen LogP contribution is -2.19. The number of halogens is 1. The molecule has 1 aliphatic rings. The molecule has 1 aromatic rings. The second-order valence-corrected chi connectivity index (χ2v) is 6.05. The van der Waals surface area contributed by atoms with Gasteiger partial charge in [-0.3, -0.25) is 10.1 Å². The molecule has 1 fully saturated rings. The van der Waals surface area contributed by atoms with Crippen LogP contribution in [0.3, 0.4) is 0 Å². The fourth-order valence-corrected chi connectivity index (χ4v) is 3.23. The van der Waals surface area contributed by atoms with E-state index in [4.69, 9.17) is 11.6 Å². The van der Waals surface area contributed by atoms with Gasteiger partial charge < -0.3 is 5.32 Å². The van der Waals surface area contributed by atoms with Gasteiger partial charge in [-0.2, -0.15) is 11.8 Å². The summed E-state index contributed by atoms with van der Waals surface area (Å²) in [5.74, 6) is 0.987. The lowest BCUT2D eigenvalue weighted by molar-refractivity contribution is -0.384. The molecule has 0 radical (unpaired) electrons. The first-order valence-corrected chi connectivity index (χ1v) is 6.81. The Morgan fingerprint density at radius 1 is 1.59 bits per heavy atom. The average Bonchev–Trinajstić information content (AvgIpc) is 2.66. The van der Waals surface area contributed by atoms with Crippen LogP contribution >= 0.6 is 23.4 Å². The minimum Gasteiger partial charge on any atom is -0.376 e. The van der Waals surface area contributed by atoms with Crippen LogP contribution < -0.4 is 5.32 Å². The van der Waals surface area contributed by atoms with Crippen molar-refractivity contribution in [2.45, 2.75) is 24.6 Å². The van der Waals surface area contributed by atoms with Gasteiger partial charge in [0.2, 0.25) is 0 Å². The zero-order valence-electron chi connectivity index (χ0n) is 9.35. The number of anilines is 1. The van der Waals surface area contributed by atoms with Gasteiger partial charge in [0.15, 0.2) is 0 Å². The van der Waals surface area contributed by atoms with Gasteiger partial charge in [-0.05, 0) is 18.6 Å². The molecule has 0 spiro atoms. The van der Waals surface area contributed by atoms with Crippen molar-refractivity contribution in [3.63, 3.8) is 0 Å². The third-order valence-electron chi connectivity index (χ3n) is 2.71. The molecular weight excluding hydrogens is 260 g/mol. The molecule has 0 amide bonds. The summed E-state index contributed by atoms with van der Waals surface area (Å²) in [7, 11) is 0. The number of thioether (sulfide) groups is 1. The van der Waals surface area contributed by atoms with Crippen molar-refractivity contribution in [2.75, 3.05) is 11.1 Å². The monoisotopic (exact) mass is 272 g/mol. The van der Waals surface area contributed by atoms with Gasteiger partial charge in [-0.25, -0.2) is 0 Å². The van der Waals surface area contributed by atoms with Crippen molar-refractivity contribution in [1.82, 2.24) is 0 Å². The van der Waals surface area contributed by atoms with Gasteiger partial charge in [0.25, 0.3) is 5.69 Å². The molecule has 2 atom stereocenters. The molecule has 2 rings (SSSR count). The Morgan fingerprint density at radius 3 is 2.94 bits per heavy atom. The number of nitro groups is 1. The Bertz CT molecular complexity index is 441. The molecule has 0 bridgehead atoms. The molecule has 4 nitrogen and oxygen atoms in total. The topological polar surface area (TPSA) is 55.2 Å². The highest BCUT2D eigenvalue weighted by Crippen LogP contribution is 2.32. The van der Waals surface area contributed by atoms with Gasteiger partial charge in [0.1, 0.15) is 5.69 Å². The average molecular weight is 273 g/mol. The van der Waals surface area contributed by atoms with Crippen LogP contribution in [-0.4, -0.2) is 22.0 Å². The fraction of sp³-hybridized carbons (Fsp3) is 0.455. The van der Waals surface area contributed by atoms with Crippen molar-refractivity contribution >= 4 is 34.7 Å². The maximum absolute atomic E-state index is 10.9. The van der Waals surface area contributed by atoms with Crippen LogP contribution in [0.25, 0.3) is 0 Å². The van der Waals surface area contributed by atoms with E-state index in [2.05, 4.69) is 12.2 Å². The van der Waals surface area contributed by atoms with E-state index in [1.807, 2.05) is 11.8 Å². The van der Waals surface area contributed by atoms with Crippen molar-refractivity contribution in [3.8, 4) is 0 Å². The lowest BCUT2D eigenvalue weighted by atomic mass is 10.1. The first kappa shape index (κ1) is 12.5. The molecule has 1 aliphatic heterocycles. The van der Waals surface area contributed by atoms with E-state index in [1.54, 1.807) is 12.1 Å². The van der Waals surface area contributed by atoms with Crippen molar-refractivity contribution in [3.05, 3.63) is 33.3 Å². The fourth-order valence-electron chi connectivity index (χ4n) is 1.92. The van der Waals surface area contributed by atoms with E-state index in [-0.39, 0.29) is 5.69 Å². The number of hydrogen-bond donors (Lipinski definition) is 1. The lowest BCUT2D eigenvalue weighted by Gasteiger charge is -2.13. The van der Waals surface area contributed by atoms with Gasteiger partial charge >= 0.3 is 0 Å². The predicted octanol–water partition coefficient (Wildman–Crippen LogP) is 3.55. The maximum Gasteiger partial charge on any atom is 0.293 e. The van der Waals surface area contributed by atoms with Gasteiger partial charge in [-0.15, -0.1) is 0 Å². The van der Waals surface area contributed by atoms with E-state index in [9.17, 15) is 10.1 Å². The SMILES string of the molecule is CC1CC(Nc2ccc(Cl)cc2[N+](=O)[O-])CS1. The number of nitro benzene ring substituents is 1. The smallest absolute Gasteiger partial charge is 0.293 e. The van der Waals surface area contributed by atoms with Crippen molar-refractivity contribution in [2.24, 2.45) is 0 Å². The highest BCUT2D eigenvalue weighted by molar-refractivity contribution is 8.00. The van der Waals surface area contributed by atoms with E-state index < -0.39 is 4.92 Å². The van der Waals surface area contributed by atoms with E-state index >= 15 is 0 Å². The summed E-state index contributed by atoms with van der Waals surface area (Å²) in [6.45, 7) is 2.17. The molecule has 1 N–H and O–H groups in total. The van der Waals surface area contributed by atoms with Gasteiger partial charge in [-0.1, -0.05) is 18.5 Å². The number of hydrogen-bond acceptors (Lipinski definition) is 4. The minimum absolute atomic E-state index is 0.0436. The molecule has 1 aromatic carbocycles. The standard InChI is InChI=1S/C11H13ClN2O2S/c1-7-4-9(6-17-7)13-10-3-2-8(12)5-11(10)14(15)16/h2-3,5,7,9,13H,4,6H2,1H3. The van der Waals surface area contributed by atoms with Gasteiger partial charge in [0, 0.05) is 28.1 Å². The largest absolute Gasteiger partial charge is 0.376 e. The Hall–Kier alpha value is -0.940. The molecule has 17 heavy (non-hydrogen) atoms. The van der Waals surface area contributed by atoms with E-state index in [0.717, 1.165) is 12.2 Å². The van der Waals surface area contributed by atoms with Crippen molar-refractivity contribution in [1.29, 1.82) is 0 Å². The van der Waals surface area contributed by atoms with Crippen LogP contribution in [-0.2, 0) is 0 Å². The molecule has 1 saturated heterocycles. The number of nitrogens with zero attached hydrogens (tertiary/aromatic N) is 1. The molecule has 6 heteroatoms. The van der Waals surface area contributed by atoms with Crippen LogP contribution in [0, 0.1) is 10.1 Å². The first-order valence-electron chi connectivity index (χ1n) is 5.38. The second-order valence-electron chi connectivity index (χ2n) is 4.14. The third-order valence-corrected chi connectivity index (χ3v) is 4.31. The maximum atomic E-state index is 10.9. The van der Waals surface area contributed by atoms with E-state index in [0.29, 0.717) is 22.0 Å². The van der Waals surface area contributed by atoms with Crippen LogP contribution in [0.2, 0.25) is 5.02 Å². The van der Waals surface area contributed by atoms with E-state index in [1.165, 1.54) is 6.07 Å². The summed E-state index contributed by atoms with van der Waals surface area (Å²) in [5.41, 5.74) is 0.598. The molecule has 92 valence electrons. The van der Waals surface area contributed by atoms with Crippen LogP contribution in [0.15, 0.2) is 18.2 Å². The summed E-state index contributed by atoms with van der Waals surface area (Å²) in [6, 6.07) is 5.03. The molecule has 0 saturated carbocycles. The summed E-state index contributed by atoms with van der Waals surface area (Å²) in [5, 5.41) is 15.1. The zero-order valence-corrected chi connectivity index (χ0v) is 10.9. The van der Waals surface area contributed by atoms with Crippen LogP contribution in [0.5, 0.6) is 0 Å². The number of benzene rings is 1. The minimum atomic E-state index is -0.403. The molecule has 0 aliphatic carbocycles. The van der Waals surface area contributed by atoms with Crippen LogP contribution in [0.1, 0.15) is 13.3 Å². The number of rotatable bonds is 3. The number of nitrogens with one attached hydrogen (secondary N) is 1. The normalized spacial score (nSPS) is 23.6. The Balaban J connectivity index is 2.17.